The van der Waals surface area contributed by atoms with Crippen molar-refractivity contribution >= 4 is 22.4 Å². The first kappa shape index (κ1) is 18.9. The predicted molar refractivity (Wildman–Crippen MR) is 117 cm³/mol. The fourth-order valence-corrected chi connectivity index (χ4v) is 4.35. The molecule has 2 aliphatic carbocycles. The lowest BCUT2D eigenvalue weighted by Gasteiger charge is -2.38. The van der Waals surface area contributed by atoms with E-state index in [1.807, 2.05) is 0 Å². The molecule has 2 aromatic rings. The molecular formula is C23H31N5O. The van der Waals surface area contributed by atoms with Crippen molar-refractivity contribution in [1.29, 1.82) is 0 Å². The Balaban J connectivity index is 1.43. The zero-order valence-electron chi connectivity index (χ0n) is 17.5. The second-order valence-electron chi connectivity index (χ2n) is 9.24. The average molecular weight is 394 g/mol. The Labute approximate surface area is 172 Å². The largest absolute Gasteiger partial charge is 0.377 e. The minimum absolute atomic E-state index is 0.297. The molecule has 1 aromatic carbocycles. The molecule has 0 spiro atoms. The molecule has 0 unspecified atom stereocenters. The van der Waals surface area contributed by atoms with Crippen LogP contribution < -0.4 is 11.1 Å². The number of fused-ring (bicyclic) bond motifs is 1. The molecule has 0 radical (unpaired) electrons. The number of hydrogen-bond acceptors (Lipinski definition) is 6. The van der Waals surface area contributed by atoms with Crippen LogP contribution in [0.3, 0.4) is 0 Å². The first-order valence-electron chi connectivity index (χ1n) is 10.9. The molecular weight excluding hydrogens is 362 g/mol. The van der Waals surface area contributed by atoms with Gasteiger partial charge in [-0.25, -0.2) is 9.97 Å². The second-order valence-corrected chi connectivity index (χ2v) is 9.24. The summed E-state index contributed by atoms with van der Waals surface area (Å²) < 4.78 is 5.31. The third kappa shape index (κ3) is 3.88. The van der Waals surface area contributed by atoms with Crippen molar-refractivity contribution in [3.05, 3.63) is 29.1 Å². The molecule has 3 aliphatic rings. The molecule has 2 heterocycles. The lowest BCUT2D eigenvalue weighted by molar-refractivity contribution is -0.0461. The van der Waals surface area contributed by atoms with Crippen molar-refractivity contribution < 1.29 is 4.74 Å². The van der Waals surface area contributed by atoms with Crippen molar-refractivity contribution in [2.75, 3.05) is 25.1 Å². The summed E-state index contributed by atoms with van der Waals surface area (Å²) in [5.74, 6) is 2.28. The molecule has 154 valence electrons. The van der Waals surface area contributed by atoms with Gasteiger partial charge >= 0.3 is 0 Å². The molecule has 0 bridgehead atoms. The fraction of sp³-hybridized carbons (Fsp3) is 0.609. The summed E-state index contributed by atoms with van der Waals surface area (Å²) >= 11 is 0. The van der Waals surface area contributed by atoms with E-state index >= 15 is 0 Å². The Morgan fingerprint density at radius 3 is 2.55 bits per heavy atom. The van der Waals surface area contributed by atoms with E-state index in [1.165, 1.54) is 29.7 Å². The van der Waals surface area contributed by atoms with Crippen LogP contribution in [-0.2, 0) is 4.74 Å². The number of nitrogens with two attached hydrogens (primary N) is 1. The number of nitrogens with one attached hydrogen (secondary N) is 1. The molecule has 5 rings (SSSR count). The average Bonchev–Trinajstić information content (AvgIpc) is 3.52. The van der Waals surface area contributed by atoms with Crippen molar-refractivity contribution in [2.45, 2.75) is 69.9 Å². The summed E-state index contributed by atoms with van der Waals surface area (Å²) in [7, 11) is 0. The number of nitrogens with zero attached hydrogens (tertiary/aromatic N) is 3. The van der Waals surface area contributed by atoms with Crippen molar-refractivity contribution in [1.82, 2.24) is 9.97 Å². The van der Waals surface area contributed by atoms with Crippen molar-refractivity contribution in [3.63, 3.8) is 0 Å². The fourth-order valence-electron chi connectivity index (χ4n) is 4.35. The van der Waals surface area contributed by atoms with Gasteiger partial charge in [-0.3, -0.25) is 4.99 Å². The number of aromatic nitrogens is 2. The van der Waals surface area contributed by atoms with Gasteiger partial charge in [0.2, 0.25) is 0 Å². The highest BCUT2D eigenvalue weighted by Crippen LogP contribution is 2.35. The van der Waals surface area contributed by atoms with Crippen LogP contribution in [0.5, 0.6) is 0 Å². The van der Waals surface area contributed by atoms with E-state index in [2.05, 4.69) is 31.3 Å². The van der Waals surface area contributed by atoms with E-state index < -0.39 is 0 Å². The van der Waals surface area contributed by atoms with Crippen LogP contribution in [-0.4, -0.2) is 47.0 Å². The number of anilines is 1. The normalized spacial score (nSPS) is 23.7. The summed E-state index contributed by atoms with van der Waals surface area (Å²) in [6, 6.07) is 4.91. The Bertz CT molecular complexity index is 951. The van der Waals surface area contributed by atoms with E-state index in [0.29, 0.717) is 31.7 Å². The highest BCUT2D eigenvalue weighted by molar-refractivity contribution is 5.93. The molecule has 29 heavy (non-hydrogen) atoms. The maximum absolute atomic E-state index is 6.36. The standard InChI is InChI=1S/C23H31N5O/c1-14-3-10-19-20(15(14)2)22(25-11-23(24)12-29-13-23)28-21(27-19)16-4-6-17(7-5-16)26-18-8-9-18/h3,10,16,18H,4-9,11-13,24H2,1-2H3,(H,25,27,28). The second kappa shape index (κ2) is 7.33. The van der Waals surface area contributed by atoms with Gasteiger partial charge in [0.05, 0.1) is 30.3 Å². The summed E-state index contributed by atoms with van der Waals surface area (Å²) in [6.07, 6.45) is 6.92. The van der Waals surface area contributed by atoms with Crippen LogP contribution in [0.2, 0.25) is 0 Å². The third-order valence-corrected chi connectivity index (χ3v) is 6.64. The molecule has 1 saturated heterocycles. The molecule has 3 fully saturated rings. The highest BCUT2D eigenvalue weighted by Gasteiger charge is 2.34. The van der Waals surface area contributed by atoms with Crippen LogP contribution in [0, 0.1) is 13.8 Å². The molecule has 1 aliphatic heterocycles. The number of aliphatic imine (C=N–C) groups is 1. The summed E-state index contributed by atoms with van der Waals surface area (Å²) in [5, 5.41) is 4.66. The quantitative estimate of drug-likeness (QED) is 0.810. The van der Waals surface area contributed by atoms with Gasteiger partial charge in [0.25, 0.3) is 0 Å². The minimum atomic E-state index is -0.297. The number of aryl methyl sites for hydroxylation is 2. The molecule has 1 aromatic heterocycles. The maximum atomic E-state index is 6.36. The molecule has 2 saturated carbocycles. The van der Waals surface area contributed by atoms with Gasteiger partial charge in [0.1, 0.15) is 11.6 Å². The van der Waals surface area contributed by atoms with Gasteiger partial charge in [0, 0.05) is 23.6 Å². The molecule has 3 N–H and O–H groups in total. The number of rotatable bonds is 5. The van der Waals surface area contributed by atoms with Gasteiger partial charge in [-0.05, 0) is 69.6 Å². The lowest BCUT2D eigenvalue weighted by Crippen LogP contribution is -2.61. The SMILES string of the molecule is Cc1ccc2nc(C3CCC(=NC4CC4)CC3)nc(NCC3(N)COC3)c2c1C. The summed E-state index contributed by atoms with van der Waals surface area (Å²) in [5.41, 5.74) is 11.0. The van der Waals surface area contributed by atoms with E-state index in [0.717, 1.165) is 48.2 Å². The van der Waals surface area contributed by atoms with Gasteiger partial charge in [-0.2, -0.15) is 0 Å². The summed E-state index contributed by atoms with van der Waals surface area (Å²) in [6.45, 7) is 6.14. The topological polar surface area (TPSA) is 85.4 Å². The van der Waals surface area contributed by atoms with E-state index in [9.17, 15) is 0 Å². The van der Waals surface area contributed by atoms with Crippen LogP contribution in [0.25, 0.3) is 10.9 Å². The number of benzene rings is 1. The van der Waals surface area contributed by atoms with E-state index in [-0.39, 0.29) is 5.54 Å². The zero-order chi connectivity index (χ0) is 20.0. The van der Waals surface area contributed by atoms with Crippen LogP contribution in [0.15, 0.2) is 17.1 Å². The zero-order valence-corrected chi connectivity index (χ0v) is 17.5. The van der Waals surface area contributed by atoms with E-state index in [4.69, 9.17) is 25.4 Å². The predicted octanol–water partition coefficient (Wildman–Crippen LogP) is 3.65. The Kier molecular flexibility index (Phi) is 4.79. The Hall–Kier alpha value is -2.05. The molecule has 0 amide bonds. The Morgan fingerprint density at radius 1 is 1.14 bits per heavy atom. The third-order valence-electron chi connectivity index (χ3n) is 6.64. The maximum Gasteiger partial charge on any atom is 0.137 e. The van der Waals surface area contributed by atoms with Crippen LogP contribution >= 0.6 is 0 Å². The monoisotopic (exact) mass is 393 g/mol. The minimum Gasteiger partial charge on any atom is -0.377 e. The van der Waals surface area contributed by atoms with Gasteiger partial charge in [0.15, 0.2) is 0 Å². The van der Waals surface area contributed by atoms with Crippen molar-refractivity contribution in [2.24, 2.45) is 10.7 Å². The van der Waals surface area contributed by atoms with Gasteiger partial charge in [-0.1, -0.05) is 6.07 Å². The van der Waals surface area contributed by atoms with Crippen molar-refractivity contribution in [3.8, 4) is 0 Å². The Morgan fingerprint density at radius 2 is 1.90 bits per heavy atom. The van der Waals surface area contributed by atoms with E-state index in [1.54, 1.807) is 0 Å². The van der Waals surface area contributed by atoms with Crippen LogP contribution in [0.4, 0.5) is 5.82 Å². The number of hydrogen-bond donors (Lipinski definition) is 2. The number of ether oxygens (including phenoxy) is 1. The molecule has 0 atom stereocenters. The van der Waals surface area contributed by atoms with Gasteiger partial charge in [-0.15, -0.1) is 0 Å². The van der Waals surface area contributed by atoms with Crippen LogP contribution in [0.1, 0.15) is 61.4 Å². The first-order chi connectivity index (χ1) is 14.0. The first-order valence-corrected chi connectivity index (χ1v) is 10.9. The molecule has 6 nitrogen and oxygen atoms in total. The molecule has 6 heteroatoms. The summed E-state index contributed by atoms with van der Waals surface area (Å²) in [4.78, 5) is 14.9. The highest BCUT2D eigenvalue weighted by atomic mass is 16.5. The smallest absolute Gasteiger partial charge is 0.137 e. The lowest BCUT2D eigenvalue weighted by atomic mass is 9.87. The van der Waals surface area contributed by atoms with Gasteiger partial charge < -0.3 is 15.8 Å².